The first-order valence-corrected chi connectivity index (χ1v) is 10.5. The molecule has 0 fully saturated rings. The van der Waals surface area contributed by atoms with Crippen LogP contribution in [-0.4, -0.2) is 19.3 Å². The first-order chi connectivity index (χ1) is 12.8. The summed E-state index contributed by atoms with van der Waals surface area (Å²) in [6.45, 7) is 1.82. The second kappa shape index (κ2) is 8.08. The number of aromatic nitrogens is 1. The molecule has 0 spiro atoms. The highest BCUT2D eigenvalue weighted by Gasteiger charge is 2.22. The van der Waals surface area contributed by atoms with E-state index in [0.717, 1.165) is 0 Å². The molecule has 3 rings (SSSR count). The largest absolute Gasteiger partial charge is 0.486 e. The van der Waals surface area contributed by atoms with Gasteiger partial charge in [0, 0.05) is 10.4 Å². The number of sulfonamides is 1. The molecule has 1 N–H and O–H groups in total. The van der Waals surface area contributed by atoms with Gasteiger partial charge in [-0.2, -0.15) is 0 Å². The fourth-order valence-corrected chi connectivity index (χ4v) is 4.26. The second-order valence-corrected chi connectivity index (χ2v) is 8.60. The lowest BCUT2D eigenvalue weighted by atomic mass is 10.2. The number of hydrogen-bond donors (Lipinski definition) is 1. The van der Waals surface area contributed by atoms with E-state index in [2.05, 4.69) is 4.98 Å². The quantitative estimate of drug-likeness (QED) is 0.653. The number of aryl methyl sites for hydroxylation is 1. The summed E-state index contributed by atoms with van der Waals surface area (Å²) < 4.78 is 32.4. The van der Waals surface area contributed by atoms with E-state index in [0.29, 0.717) is 21.3 Å². The highest BCUT2D eigenvalue weighted by molar-refractivity contribution is 7.90. The third-order valence-corrected chi connectivity index (χ3v) is 6.14. The molecule has 0 bridgehead atoms. The average Bonchev–Trinajstić information content (AvgIpc) is 3.10. The lowest BCUT2D eigenvalue weighted by molar-refractivity contribution is 0.0977. The van der Waals surface area contributed by atoms with Crippen LogP contribution in [-0.2, 0) is 16.6 Å². The highest BCUT2D eigenvalue weighted by atomic mass is 35.5. The van der Waals surface area contributed by atoms with Crippen molar-refractivity contribution in [3.63, 3.8) is 0 Å². The van der Waals surface area contributed by atoms with Gasteiger partial charge in [0.05, 0.1) is 4.90 Å². The summed E-state index contributed by atoms with van der Waals surface area (Å²) in [5.74, 6) is -0.171. The molecule has 0 aliphatic heterocycles. The number of carbonyl (C=O) groups excluding carboxylic acids is 1. The van der Waals surface area contributed by atoms with Gasteiger partial charge in [-0.05, 0) is 42.8 Å². The Morgan fingerprint density at radius 2 is 1.89 bits per heavy atom. The lowest BCUT2D eigenvalue weighted by Crippen LogP contribution is -2.31. The molecule has 6 nitrogen and oxygen atoms in total. The number of halogens is 1. The Morgan fingerprint density at radius 3 is 2.59 bits per heavy atom. The normalized spacial score (nSPS) is 11.2. The van der Waals surface area contributed by atoms with E-state index in [-0.39, 0.29) is 17.2 Å². The van der Waals surface area contributed by atoms with Gasteiger partial charge >= 0.3 is 0 Å². The molecule has 1 aromatic heterocycles. The minimum Gasteiger partial charge on any atom is -0.486 e. The summed E-state index contributed by atoms with van der Waals surface area (Å²) in [6, 6.07) is 13.3. The van der Waals surface area contributed by atoms with Crippen molar-refractivity contribution in [2.45, 2.75) is 18.4 Å². The highest BCUT2D eigenvalue weighted by Crippen LogP contribution is 2.19. The molecule has 0 saturated heterocycles. The zero-order chi connectivity index (χ0) is 19.4. The van der Waals surface area contributed by atoms with Crippen molar-refractivity contribution in [3.8, 4) is 5.75 Å². The SMILES string of the molecule is Cc1ccccc1S(=O)(=O)NC(=O)c1csc(COc2ccc(Cl)cc2)n1. The molecule has 2 aromatic carbocycles. The van der Waals surface area contributed by atoms with Crippen molar-refractivity contribution < 1.29 is 17.9 Å². The molecular formula is C18H15ClN2O4S2. The van der Waals surface area contributed by atoms with Crippen LogP contribution in [0.25, 0.3) is 0 Å². The van der Waals surface area contributed by atoms with Crippen molar-refractivity contribution in [3.05, 3.63) is 75.2 Å². The minimum absolute atomic E-state index is 0.0202. The lowest BCUT2D eigenvalue weighted by Gasteiger charge is -2.08. The number of hydrogen-bond acceptors (Lipinski definition) is 6. The summed E-state index contributed by atoms with van der Waals surface area (Å²) in [6.07, 6.45) is 0. The smallest absolute Gasteiger partial charge is 0.284 e. The average molecular weight is 423 g/mol. The van der Waals surface area contributed by atoms with Gasteiger partial charge in [0.1, 0.15) is 23.1 Å². The van der Waals surface area contributed by atoms with E-state index in [1.165, 1.54) is 22.8 Å². The van der Waals surface area contributed by atoms with E-state index >= 15 is 0 Å². The van der Waals surface area contributed by atoms with Gasteiger partial charge in [0.25, 0.3) is 15.9 Å². The van der Waals surface area contributed by atoms with Gasteiger partial charge in [-0.3, -0.25) is 4.79 Å². The van der Waals surface area contributed by atoms with Crippen molar-refractivity contribution in [1.82, 2.24) is 9.71 Å². The number of amides is 1. The summed E-state index contributed by atoms with van der Waals surface area (Å²) in [5, 5.41) is 2.64. The summed E-state index contributed by atoms with van der Waals surface area (Å²) in [7, 11) is -3.97. The predicted molar refractivity (Wildman–Crippen MR) is 104 cm³/mol. The molecule has 1 heterocycles. The summed E-state index contributed by atoms with van der Waals surface area (Å²) >= 11 is 7.02. The van der Waals surface area contributed by atoms with Crippen molar-refractivity contribution in [1.29, 1.82) is 0 Å². The molecule has 9 heteroatoms. The fraction of sp³-hybridized carbons (Fsp3) is 0.111. The number of rotatable bonds is 6. The molecule has 0 saturated carbocycles. The van der Waals surface area contributed by atoms with Gasteiger partial charge in [-0.1, -0.05) is 29.8 Å². The van der Waals surface area contributed by atoms with Crippen LogP contribution in [0.4, 0.5) is 0 Å². The van der Waals surface area contributed by atoms with Crippen LogP contribution >= 0.6 is 22.9 Å². The minimum atomic E-state index is -3.97. The summed E-state index contributed by atoms with van der Waals surface area (Å²) in [4.78, 5) is 16.5. The molecule has 0 unspecified atom stereocenters. The number of thiazole rings is 1. The third kappa shape index (κ3) is 4.85. The Hall–Kier alpha value is -2.42. The Balaban J connectivity index is 1.66. The Labute approximate surface area is 165 Å². The predicted octanol–water partition coefficient (Wildman–Crippen LogP) is 3.80. The van der Waals surface area contributed by atoms with Crippen LogP contribution < -0.4 is 9.46 Å². The number of nitrogens with one attached hydrogen (secondary N) is 1. The third-order valence-electron chi connectivity index (χ3n) is 3.57. The van der Waals surface area contributed by atoms with Gasteiger partial charge < -0.3 is 4.74 Å². The maximum atomic E-state index is 12.4. The monoisotopic (exact) mass is 422 g/mol. The standard InChI is InChI=1S/C18H15ClN2O4S2/c1-12-4-2-3-5-16(12)27(23,24)21-18(22)15-11-26-17(20-15)10-25-14-8-6-13(19)7-9-14/h2-9,11H,10H2,1H3,(H,21,22). The van der Waals surface area contributed by atoms with E-state index < -0.39 is 15.9 Å². The number of benzene rings is 2. The Morgan fingerprint density at radius 1 is 1.19 bits per heavy atom. The van der Waals surface area contributed by atoms with Gasteiger partial charge in [0.15, 0.2) is 0 Å². The van der Waals surface area contributed by atoms with E-state index in [1.54, 1.807) is 49.4 Å². The van der Waals surface area contributed by atoms with Gasteiger partial charge in [-0.15, -0.1) is 11.3 Å². The maximum absolute atomic E-state index is 12.4. The summed E-state index contributed by atoms with van der Waals surface area (Å²) in [5.41, 5.74) is 0.569. The van der Waals surface area contributed by atoms with Crippen molar-refractivity contribution >= 4 is 38.9 Å². The second-order valence-electron chi connectivity index (χ2n) is 5.57. The molecular weight excluding hydrogens is 408 g/mol. The van der Waals surface area contributed by atoms with Gasteiger partial charge in [0.2, 0.25) is 0 Å². The molecule has 27 heavy (non-hydrogen) atoms. The first kappa shape index (κ1) is 19.3. The van der Waals surface area contributed by atoms with Crippen molar-refractivity contribution in [2.24, 2.45) is 0 Å². The fourth-order valence-electron chi connectivity index (χ4n) is 2.24. The number of ether oxygens (including phenoxy) is 1. The van der Waals surface area contributed by atoms with E-state index in [9.17, 15) is 13.2 Å². The van der Waals surface area contributed by atoms with Gasteiger partial charge in [-0.25, -0.2) is 18.1 Å². The van der Waals surface area contributed by atoms with Crippen LogP contribution in [0.3, 0.4) is 0 Å². The van der Waals surface area contributed by atoms with Crippen LogP contribution in [0.1, 0.15) is 21.1 Å². The van der Waals surface area contributed by atoms with Crippen LogP contribution in [0.2, 0.25) is 5.02 Å². The van der Waals surface area contributed by atoms with Crippen LogP contribution in [0, 0.1) is 6.92 Å². The van der Waals surface area contributed by atoms with E-state index in [1.807, 2.05) is 4.72 Å². The number of carbonyl (C=O) groups is 1. The first-order valence-electron chi connectivity index (χ1n) is 7.81. The molecule has 0 atom stereocenters. The molecule has 0 aliphatic carbocycles. The molecule has 3 aromatic rings. The maximum Gasteiger partial charge on any atom is 0.284 e. The molecule has 0 aliphatic rings. The Bertz CT molecular complexity index is 1060. The molecule has 1 amide bonds. The topological polar surface area (TPSA) is 85.4 Å². The zero-order valence-corrected chi connectivity index (χ0v) is 16.6. The molecule has 0 radical (unpaired) electrons. The Kier molecular flexibility index (Phi) is 5.79. The van der Waals surface area contributed by atoms with Crippen LogP contribution in [0.15, 0.2) is 58.8 Å². The van der Waals surface area contributed by atoms with Crippen molar-refractivity contribution in [2.75, 3.05) is 0 Å². The number of nitrogens with zero attached hydrogens (tertiary/aromatic N) is 1. The zero-order valence-electron chi connectivity index (χ0n) is 14.2. The van der Waals surface area contributed by atoms with E-state index in [4.69, 9.17) is 16.3 Å². The molecule has 140 valence electrons. The van der Waals surface area contributed by atoms with Crippen LogP contribution in [0.5, 0.6) is 5.75 Å².